The number of Topliss-reactive ketones (excluding diaryl/α,β-unsaturated/α-hetero) is 1. The number of benzene rings is 2. The maximum atomic E-state index is 13.3. The van der Waals surface area contributed by atoms with Crippen LogP contribution in [0.25, 0.3) is 44.8 Å². The molecule has 0 saturated carbocycles. The minimum atomic E-state index is -1.93. The zero-order valence-corrected chi connectivity index (χ0v) is 42.2. The molecule has 6 rings (SSSR count). The summed E-state index contributed by atoms with van der Waals surface area (Å²) in [6.45, 7) is 20.1. The first-order valence-corrected chi connectivity index (χ1v) is 24.1. The summed E-state index contributed by atoms with van der Waals surface area (Å²) in [5.74, 6) is 1.47. The van der Waals surface area contributed by atoms with Crippen LogP contribution in [0.1, 0.15) is 72.7 Å². The van der Waals surface area contributed by atoms with E-state index in [9.17, 15) is 4.79 Å². The van der Waals surface area contributed by atoms with E-state index < -0.39 is 14.0 Å². The van der Waals surface area contributed by atoms with Gasteiger partial charge in [0, 0.05) is 36.7 Å². The van der Waals surface area contributed by atoms with Crippen LogP contribution < -0.4 is 28.4 Å². The van der Waals surface area contributed by atoms with Crippen molar-refractivity contribution in [1.29, 1.82) is 0 Å². The van der Waals surface area contributed by atoms with Crippen molar-refractivity contribution in [1.82, 2.24) is 29.2 Å². The second-order valence-corrected chi connectivity index (χ2v) is 22.6. The van der Waals surface area contributed by atoms with Crippen LogP contribution >= 0.6 is 22.6 Å². The molecule has 0 aliphatic rings. The van der Waals surface area contributed by atoms with E-state index in [0.29, 0.717) is 92.3 Å². The Morgan fingerprint density at radius 3 is 1.52 bits per heavy atom. The molecule has 4 heterocycles. The molecule has 0 unspecified atom stereocenters. The third kappa shape index (κ3) is 9.33. The van der Waals surface area contributed by atoms with E-state index in [4.69, 9.17) is 47.9 Å². The van der Waals surface area contributed by atoms with Crippen molar-refractivity contribution in [3.05, 3.63) is 58.2 Å². The highest BCUT2D eigenvalue weighted by Crippen LogP contribution is 2.46. The zero-order chi connectivity index (χ0) is 46.4. The van der Waals surface area contributed by atoms with Crippen molar-refractivity contribution in [3.63, 3.8) is 0 Å². The lowest BCUT2D eigenvalue weighted by Gasteiger charge is -2.44. The summed E-state index contributed by atoms with van der Waals surface area (Å²) in [6, 6.07) is 7.37. The van der Waals surface area contributed by atoms with Crippen LogP contribution in [0.15, 0.2) is 49.1 Å². The van der Waals surface area contributed by atoms with E-state index in [2.05, 4.69) is 89.5 Å². The number of rotatable bonds is 18. The Bertz CT molecular complexity index is 2460. The SMILES string of the molecule is CCOC(C)(OCC)C(=O)c1c[nH]c2ncc(-c3cc(OC)c(OC)c(OC)c3)nc12.COc1cc(-c2cnc3c(n2)c(I)cn3[Si](C(C)C)(C(C)C)C(C)C)cc(OC)c1OC. The predicted molar refractivity (Wildman–Crippen MR) is 257 cm³/mol. The minimum absolute atomic E-state index is 0.326. The summed E-state index contributed by atoms with van der Waals surface area (Å²) >= 11 is 2.39. The van der Waals surface area contributed by atoms with Gasteiger partial charge in [0.25, 0.3) is 0 Å². The molecule has 0 aliphatic carbocycles. The third-order valence-corrected chi connectivity index (χ3v) is 19.0. The normalized spacial score (nSPS) is 11.9. The molecule has 0 bridgehead atoms. The number of H-pyrrole nitrogens is 1. The highest BCUT2D eigenvalue weighted by atomic mass is 127. The van der Waals surface area contributed by atoms with Gasteiger partial charge in [-0.1, -0.05) is 41.5 Å². The Balaban J connectivity index is 0.000000238. The number of ketones is 1. The lowest BCUT2D eigenvalue weighted by atomic mass is 10.1. The van der Waals surface area contributed by atoms with Crippen molar-refractivity contribution < 1.29 is 42.7 Å². The van der Waals surface area contributed by atoms with Crippen LogP contribution in [-0.2, 0) is 9.47 Å². The highest BCUT2D eigenvalue weighted by Gasteiger charge is 2.46. The van der Waals surface area contributed by atoms with E-state index in [-0.39, 0.29) is 5.78 Å². The van der Waals surface area contributed by atoms with Gasteiger partial charge in [0.2, 0.25) is 23.1 Å². The Kier molecular flexibility index (Phi) is 16.1. The summed E-state index contributed by atoms with van der Waals surface area (Å²) in [5.41, 5.74) is 7.76. The molecule has 0 amide bonds. The molecular formula is C46H61IN6O9Si. The van der Waals surface area contributed by atoms with Crippen LogP contribution in [0.5, 0.6) is 34.5 Å². The molecule has 0 aliphatic heterocycles. The van der Waals surface area contributed by atoms with Gasteiger partial charge in [-0.05, 0) is 84.3 Å². The van der Waals surface area contributed by atoms with E-state index >= 15 is 0 Å². The van der Waals surface area contributed by atoms with Gasteiger partial charge in [0.05, 0.1) is 75.6 Å². The van der Waals surface area contributed by atoms with Gasteiger partial charge in [-0.3, -0.25) is 4.79 Å². The second kappa shape index (κ2) is 20.7. The summed E-state index contributed by atoms with van der Waals surface area (Å²) in [6.07, 6.45) is 7.31. The summed E-state index contributed by atoms with van der Waals surface area (Å²) in [5, 5.41) is 0. The first-order chi connectivity index (χ1) is 30.0. The topological polar surface area (TPSA) is 163 Å². The van der Waals surface area contributed by atoms with Crippen molar-refractivity contribution in [2.45, 2.75) is 84.7 Å². The molecule has 4 aromatic heterocycles. The van der Waals surface area contributed by atoms with Crippen LogP contribution in [0.4, 0.5) is 0 Å². The fourth-order valence-corrected chi connectivity index (χ4v) is 16.3. The van der Waals surface area contributed by atoms with Crippen LogP contribution in [0.2, 0.25) is 16.6 Å². The lowest BCUT2D eigenvalue weighted by molar-refractivity contribution is -0.184. The molecule has 0 atom stereocenters. The van der Waals surface area contributed by atoms with Gasteiger partial charge in [0.1, 0.15) is 11.0 Å². The van der Waals surface area contributed by atoms with Gasteiger partial charge in [-0.25, -0.2) is 19.9 Å². The quantitative estimate of drug-likeness (QED) is 0.0375. The van der Waals surface area contributed by atoms with Crippen LogP contribution in [0, 0.1) is 3.57 Å². The molecular weight excluding hydrogens is 936 g/mol. The molecule has 17 heteroatoms. The Labute approximate surface area is 384 Å². The van der Waals surface area contributed by atoms with E-state index in [1.54, 1.807) is 67.0 Å². The van der Waals surface area contributed by atoms with Gasteiger partial charge < -0.3 is 47.1 Å². The second-order valence-electron chi connectivity index (χ2n) is 15.7. The monoisotopic (exact) mass is 996 g/mol. The molecule has 0 fully saturated rings. The summed E-state index contributed by atoms with van der Waals surface area (Å²) in [7, 11) is 7.53. The molecule has 0 spiro atoms. The fraction of sp³-hybridized carbons (Fsp3) is 0.457. The van der Waals surface area contributed by atoms with E-state index in [0.717, 1.165) is 26.0 Å². The number of carbonyl (C=O) groups is 1. The standard InChI is InChI=1S/C24H34IN3O3Si.C22H27N3O6/c1-14(2)32(15(3)4,16(5)6)28-13-18(25)22-24(28)26-12-19(27-22)17-10-20(29-7)23(31-9)21(11-17)30-8;1-7-30-22(3,31-8-2)20(26)14-11-23-21-18(14)25-15(12-24-21)13-9-16(27-4)19(29-6)17(10-13)28-5/h10-16H,1-9H3;9-12H,7-8H2,1-6H3,(H,23,24). The van der Waals surface area contributed by atoms with Gasteiger partial charge in [0.15, 0.2) is 42.5 Å². The van der Waals surface area contributed by atoms with Crippen molar-refractivity contribution >= 4 is 58.9 Å². The first-order valence-electron chi connectivity index (χ1n) is 20.9. The van der Waals surface area contributed by atoms with Crippen LogP contribution in [-0.4, -0.2) is 105 Å². The van der Waals surface area contributed by atoms with Crippen molar-refractivity contribution in [3.8, 4) is 57.0 Å². The minimum Gasteiger partial charge on any atom is -0.493 e. The molecule has 2 aromatic carbocycles. The number of methoxy groups -OCH3 is 6. The van der Waals surface area contributed by atoms with Crippen molar-refractivity contribution in [2.24, 2.45) is 0 Å². The molecule has 63 heavy (non-hydrogen) atoms. The number of ether oxygens (including phenoxy) is 8. The van der Waals surface area contributed by atoms with E-state index in [1.165, 1.54) is 7.11 Å². The Morgan fingerprint density at radius 2 is 1.13 bits per heavy atom. The number of nitrogens with one attached hydrogen (secondary N) is 1. The Hall–Kier alpha value is -4.98. The van der Waals surface area contributed by atoms with Gasteiger partial charge >= 0.3 is 0 Å². The average molecular weight is 997 g/mol. The molecule has 0 radical (unpaired) electrons. The number of aromatic nitrogens is 6. The number of aromatic amines is 1. The molecule has 0 saturated heterocycles. The summed E-state index contributed by atoms with van der Waals surface area (Å²) in [4.78, 5) is 35.4. The number of carbonyl (C=O) groups excluding carboxylic acids is 1. The maximum Gasteiger partial charge on any atom is 0.230 e. The van der Waals surface area contributed by atoms with Crippen molar-refractivity contribution in [2.75, 3.05) is 55.9 Å². The fourth-order valence-electron chi connectivity index (χ4n) is 8.85. The molecule has 1 N–H and O–H groups in total. The number of nitrogens with zero attached hydrogens (tertiary/aromatic N) is 5. The largest absolute Gasteiger partial charge is 0.493 e. The summed E-state index contributed by atoms with van der Waals surface area (Å²) < 4.78 is 47.6. The third-order valence-electron chi connectivity index (χ3n) is 11.4. The maximum absolute atomic E-state index is 13.3. The molecule has 340 valence electrons. The van der Waals surface area contributed by atoms with Gasteiger partial charge in [-0.15, -0.1) is 0 Å². The first kappa shape index (κ1) is 49.0. The molecule has 15 nitrogen and oxygen atoms in total. The zero-order valence-electron chi connectivity index (χ0n) is 39.1. The molecule has 6 aromatic rings. The van der Waals surface area contributed by atoms with E-state index in [1.807, 2.05) is 32.2 Å². The predicted octanol–water partition coefficient (Wildman–Crippen LogP) is 10.4. The lowest BCUT2D eigenvalue weighted by Crippen LogP contribution is -2.51. The number of fused-ring (bicyclic) bond motifs is 2. The van der Waals surface area contributed by atoms with Gasteiger partial charge in [-0.2, -0.15) is 0 Å². The van der Waals surface area contributed by atoms with Crippen LogP contribution in [0.3, 0.4) is 0 Å². The number of hydrogen-bond donors (Lipinski definition) is 1. The smallest absolute Gasteiger partial charge is 0.230 e. The Morgan fingerprint density at radius 1 is 0.698 bits per heavy atom. The highest BCUT2D eigenvalue weighted by molar-refractivity contribution is 14.1. The number of hydrogen-bond acceptors (Lipinski definition) is 13. The average Bonchev–Trinajstić information content (AvgIpc) is 3.85. The number of halogens is 1.